The van der Waals surface area contributed by atoms with Crippen LogP contribution in [0.3, 0.4) is 0 Å². The monoisotopic (exact) mass is 663 g/mol. The molecule has 3 amide bonds. The van der Waals surface area contributed by atoms with Gasteiger partial charge in [-0.2, -0.15) is 0 Å². The summed E-state index contributed by atoms with van der Waals surface area (Å²) < 4.78 is 6.25. The molecule has 0 unspecified atom stereocenters. The summed E-state index contributed by atoms with van der Waals surface area (Å²) in [5.74, 6) is -2.60. The Labute approximate surface area is 300 Å². The number of carbonyl (C=O) groups excluding carboxylic acids is 3. The number of urea groups is 1. The second kappa shape index (κ2) is 17.9. The minimum absolute atomic E-state index is 0. The van der Waals surface area contributed by atoms with Gasteiger partial charge in [0.05, 0.1) is 18.7 Å². The maximum atomic E-state index is 14.0. The molecular formula is C34H50N5NaO7. The summed E-state index contributed by atoms with van der Waals surface area (Å²) in [6.07, 6.45) is 5.35. The van der Waals surface area contributed by atoms with E-state index < -0.39 is 42.0 Å². The first-order valence-electron chi connectivity index (χ1n) is 16.2. The van der Waals surface area contributed by atoms with E-state index in [9.17, 15) is 29.4 Å². The van der Waals surface area contributed by atoms with Gasteiger partial charge in [0.2, 0.25) is 5.91 Å². The number of carbonyl (C=O) groups is 4. The standard InChI is InChI=1S/C34H51N5O7.Na/c1-8-9-16-25(31(42)43)35-29(40)26(18-23-20-38(33(45)46-7)28-17-11-10-15-24(23)28)36-30(41)27(19-34(4,5)6)37-32(44)39-21(2)13-12-14-22(39)3;/h10-11,15,17,20-22,25-27H,8-9,12-14,16,18-19H2,1-7H3,(H,35,40)(H,36,41)(H,37,44)(H,42,43);/q;+1/p-1/t21-,22+,25-,26-,27+;/m1./s1. The first-order valence-corrected chi connectivity index (χ1v) is 16.2. The van der Waals surface area contributed by atoms with Crippen molar-refractivity contribution in [1.29, 1.82) is 0 Å². The van der Waals surface area contributed by atoms with Crippen LogP contribution < -0.4 is 45.3 Å². The van der Waals surface area contributed by atoms with Crippen LogP contribution in [0.15, 0.2) is 35.5 Å². The number of rotatable bonds is 12. The van der Waals surface area contributed by atoms with Crippen LogP contribution in [0.25, 0.3) is 10.9 Å². The Kier molecular flexibility index (Phi) is 15.3. The SMILES string of the molecule is CCCC[C@@H](N=C([O-])[C@@H](Cc1cn(C(=O)OC)c2ccccc12)NC(=O)[C@H](CC(C)(C)C)NC(=O)N1[C@H](C)CCC[C@@H]1C)C(=O)O.[Na+]. The summed E-state index contributed by atoms with van der Waals surface area (Å²) in [6.45, 7) is 11.8. The zero-order valence-corrected chi connectivity index (χ0v) is 31.2. The smallest absolute Gasteiger partial charge is 0.861 e. The van der Waals surface area contributed by atoms with E-state index in [1.165, 1.54) is 11.7 Å². The van der Waals surface area contributed by atoms with E-state index in [0.29, 0.717) is 22.9 Å². The summed E-state index contributed by atoms with van der Waals surface area (Å²) in [5, 5.41) is 29.9. The first kappa shape index (κ1) is 40.1. The maximum Gasteiger partial charge on any atom is 1.00 e. The van der Waals surface area contributed by atoms with Gasteiger partial charge in [-0.3, -0.25) is 14.4 Å². The van der Waals surface area contributed by atoms with Crippen LogP contribution in [0.2, 0.25) is 0 Å². The summed E-state index contributed by atoms with van der Waals surface area (Å²) in [5.41, 5.74) is 0.747. The minimum Gasteiger partial charge on any atom is -0.861 e. The van der Waals surface area contributed by atoms with Gasteiger partial charge in [0.15, 0.2) is 0 Å². The van der Waals surface area contributed by atoms with E-state index in [-0.39, 0.29) is 72.3 Å². The van der Waals surface area contributed by atoms with Gasteiger partial charge in [0.25, 0.3) is 0 Å². The van der Waals surface area contributed by atoms with Crippen LogP contribution in [0.4, 0.5) is 9.59 Å². The second-order valence-corrected chi connectivity index (χ2v) is 13.5. The predicted molar refractivity (Wildman–Crippen MR) is 175 cm³/mol. The Morgan fingerprint density at radius 2 is 1.72 bits per heavy atom. The maximum absolute atomic E-state index is 14.0. The molecule has 0 aliphatic carbocycles. The van der Waals surface area contributed by atoms with Crippen LogP contribution in [0, 0.1) is 5.41 Å². The van der Waals surface area contributed by atoms with Gasteiger partial charge in [0, 0.05) is 23.7 Å². The number of para-hydroxylation sites is 1. The molecule has 0 radical (unpaired) electrons. The third-order valence-electron chi connectivity index (χ3n) is 8.46. The number of nitrogens with one attached hydrogen (secondary N) is 2. The quantitative estimate of drug-likeness (QED) is 0.176. The van der Waals surface area contributed by atoms with Gasteiger partial charge < -0.3 is 30.5 Å². The van der Waals surface area contributed by atoms with Crippen LogP contribution in [0.1, 0.15) is 92.1 Å². The number of piperidine rings is 1. The van der Waals surface area contributed by atoms with Gasteiger partial charge in [-0.1, -0.05) is 58.7 Å². The van der Waals surface area contributed by atoms with Crippen LogP contribution in [0.5, 0.6) is 0 Å². The van der Waals surface area contributed by atoms with Crippen molar-refractivity contribution in [3.8, 4) is 0 Å². The molecule has 1 saturated heterocycles. The Morgan fingerprint density at radius 3 is 2.30 bits per heavy atom. The summed E-state index contributed by atoms with van der Waals surface area (Å²) in [7, 11) is 1.26. The molecule has 1 aliphatic heterocycles. The summed E-state index contributed by atoms with van der Waals surface area (Å²) in [4.78, 5) is 57.9. The number of aliphatic imine (C=N–C) groups is 1. The van der Waals surface area contributed by atoms with Crippen molar-refractivity contribution >= 4 is 40.8 Å². The fourth-order valence-corrected chi connectivity index (χ4v) is 6.11. The number of nitrogens with zero attached hydrogens (tertiary/aromatic N) is 3. The largest absolute Gasteiger partial charge is 1.00 e. The topological polar surface area (TPSA) is 165 Å². The minimum atomic E-state index is -1.27. The van der Waals surface area contributed by atoms with E-state index >= 15 is 0 Å². The molecule has 3 N–H and O–H groups in total. The van der Waals surface area contributed by atoms with Gasteiger partial charge in [0.1, 0.15) is 12.1 Å². The van der Waals surface area contributed by atoms with Crippen molar-refractivity contribution in [3.05, 3.63) is 36.0 Å². The molecule has 1 aliphatic rings. The Bertz CT molecular complexity index is 1410. The molecule has 5 atom stereocenters. The molecule has 254 valence electrons. The number of hydrogen-bond donors (Lipinski definition) is 3. The van der Waals surface area contributed by atoms with E-state index in [1.54, 1.807) is 35.4 Å². The number of carboxylic acids is 1. The number of likely N-dealkylation sites (tertiary alicyclic amines) is 1. The van der Waals surface area contributed by atoms with E-state index in [0.717, 1.165) is 25.7 Å². The van der Waals surface area contributed by atoms with Crippen molar-refractivity contribution < 1.29 is 63.7 Å². The number of hydrogen-bond acceptors (Lipinski definition) is 7. The van der Waals surface area contributed by atoms with Crippen molar-refractivity contribution in [2.24, 2.45) is 10.4 Å². The van der Waals surface area contributed by atoms with Crippen molar-refractivity contribution in [1.82, 2.24) is 20.1 Å². The summed E-state index contributed by atoms with van der Waals surface area (Å²) in [6, 6.07) is 3.25. The molecule has 47 heavy (non-hydrogen) atoms. The van der Waals surface area contributed by atoms with Gasteiger partial charge in [-0.25, -0.2) is 14.4 Å². The molecule has 2 aromatic rings. The molecule has 0 bridgehead atoms. The molecule has 3 rings (SSSR count). The fraction of sp³-hybridized carbons (Fsp3) is 0.618. The summed E-state index contributed by atoms with van der Waals surface area (Å²) >= 11 is 0. The number of fused-ring (bicyclic) bond motifs is 1. The molecule has 2 heterocycles. The Morgan fingerprint density at radius 1 is 1.09 bits per heavy atom. The predicted octanol–water partition coefficient (Wildman–Crippen LogP) is 1.47. The number of methoxy groups -OCH3 is 1. The van der Waals surface area contributed by atoms with Crippen LogP contribution in [-0.2, 0) is 20.7 Å². The van der Waals surface area contributed by atoms with E-state index in [1.807, 2.05) is 41.5 Å². The van der Waals surface area contributed by atoms with E-state index in [2.05, 4.69) is 15.6 Å². The molecule has 12 nitrogen and oxygen atoms in total. The third-order valence-corrected chi connectivity index (χ3v) is 8.46. The van der Waals surface area contributed by atoms with Gasteiger partial charge >= 0.3 is 47.7 Å². The van der Waals surface area contributed by atoms with Crippen LogP contribution >= 0.6 is 0 Å². The number of carboxylic acid groups (broad SMARTS) is 1. The zero-order valence-electron chi connectivity index (χ0n) is 29.2. The number of amides is 3. The molecule has 1 aromatic heterocycles. The van der Waals surface area contributed by atoms with Crippen molar-refractivity contribution in [3.63, 3.8) is 0 Å². The molecule has 0 spiro atoms. The van der Waals surface area contributed by atoms with Gasteiger partial charge in [-0.05, 0) is 75.3 Å². The molecule has 0 saturated carbocycles. The van der Waals surface area contributed by atoms with Crippen molar-refractivity contribution in [2.45, 2.75) is 123 Å². The zero-order chi connectivity index (χ0) is 34.2. The molecule has 13 heteroatoms. The number of aromatic nitrogens is 1. The number of aliphatic carboxylic acids is 1. The molecule has 1 aromatic carbocycles. The normalized spacial score (nSPS) is 18.9. The first-order chi connectivity index (χ1) is 21.7. The number of unbranched alkanes of at least 4 members (excludes halogenated alkanes) is 1. The van der Waals surface area contributed by atoms with Crippen molar-refractivity contribution in [2.75, 3.05) is 7.11 Å². The average molecular weight is 664 g/mol. The Balaban J connectivity index is 0.00000768. The number of ether oxygens (including phenoxy) is 1. The second-order valence-electron chi connectivity index (χ2n) is 13.5. The van der Waals surface area contributed by atoms with Gasteiger partial charge in [-0.15, -0.1) is 0 Å². The average Bonchev–Trinajstić information content (AvgIpc) is 3.35. The third kappa shape index (κ3) is 11.0. The Hall–Kier alpha value is -3.09. The molecule has 1 fully saturated rings. The van der Waals surface area contributed by atoms with E-state index in [4.69, 9.17) is 4.74 Å². The van der Waals surface area contributed by atoms with Crippen LogP contribution in [-0.4, -0.2) is 81.8 Å². The fourth-order valence-electron chi connectivity index (χ4n) is 6.11. The number of benzene rings is 1. The molecular weight excluding hydrogens is 613 g/mol.